The van der Waals surface area contributed by atoms with Crippen LogP contribution < -0.4 is 4.90 Å². The molecule has 2 spiro atoms. The molecule has 34 heavy (non-hydrogen) atoms. The van der Waals surface area contributed by atoms with Gasteiger partial charge in [0.2, 0.25) is 5.91 Å². The van der Waals surface area contributed by atoms with Gasteiger partial charge in [-0.1, -0.05) is 41.7 Å². The summed E-state index contributed by atoms with van der Waals surface area (Å²) in [6.07, 6.45) is 3.19. The van der Waals surface area contributed by atoms with E-state index < -0.39 is 10.3 Å². The lowest BCUT2D eigenvalue weighted by molar-refractivity contribution is -0.139. The maximum Gasteiger partial charge on any atom is 0.254 e. The highest BCUT2D eigenvalue weighted by atomic mass is 32.2. The van der Waals surface area contributed by atoms with Gasteiger partial charge < -0.3 is 13.7 Å². The summed E-state index contributed by atoms with van der Waals surface area (Å²) in [6.45, 7) is 2.69. The molecule has 174 valence electrons. The molecule has 0 radical (unpaired) electrons. The number of likely N-dealkylation sites (N-methyl/N-ethyl adjacent to an activating group) is 2. The fourth-order valence-electron chi connectivity index (χ4n) is 5.95. The third-order valence-electron chi connectivity index (χ3n) is 7.39. The summed E-state index contributed by atoms with van der Waals surface area (Å²) in [7, 11) is 3.69. The van der Waals surface area contributed by atoms with Gasteiger partial charge in [0.05, 0.1) is 25.0 Å². The van der Waals surface area contributed by atoms with E-state index in [2.05, 4.69) is 0 Å². The van der Waals surface area contributed by atoms with Crippen molar-refractivity contribution in [3.8, 4) is 0 Å². The van der Waals surface area contributed by atoms with Crippen molar-refractivity contribution in [3.63, 3.8) is 0 Å². The van der Waals surface area contributed by atoms with Crippen molar-refractivity contribution in [1.29, 1.82) is 0 Å². The Hall–Kier alpha value is -2.88. The minimum absolute atomic E-state index is 0.131. The van der Waals surface area contributed by atoms with Crippen LogP contribution in [-0.2, 0) is 21.7 Å². The highest BCUT2D eigenvalue weighted by molar-refractivity contribution is 8.25. The van der Waals surface area contributed by atoms with Crippen LogP contribution in [0.25, 0.3) is 0 Å². The summed E-state index contributed by atoms with van der Waals surface area (Å²) in [6, 6.07) is 13.3. The Kier molecular flexibility index (Phi) is 4.65. The van der Waals surface area contributed by atoms with Crippen molar-refractivity contribution in [2.24, 2.45) is 0 Å². The van der Waals surface area contributed by atoms with Crippen LogP contribution in [0, 0.1) is 6.92 Å². The number of hydrogen-bond donors (Lipinski definition) is 0. The van der Waals surface area contributed by atoms with Crippen LogP contribution in [0.15, 0.2) is 63.8 Å². The Balaban J connectivity index is 1.61. The SMILES string of the molecule is Cc1ccc2c(c1)[C@]1(C(=O)N2C)N(C)C[C@H](c2ccco2)[C@@]12SC(=S)N(Cc1ccco1)C2=O. The first-order valence-electron chi connectivity index (χ1n) is 11.0. The molecule has 0 unspecified atom stereocenters. The van der Waals surface area contributed by atoms with Crippen LogP contribution in [-0.4, -0.2) is 51.3 Å². The molecule has 0 aliphatic carbocycles. The number of carbonyl (C=O) groups is 2. The number of thiocarbonyl (C=S) groups is 1. The molecule has 9 heteroatoms. The molecule has 2 amide bonds. The number of thioether (sulfide) groups is 1. The monoisotopic (exact) mass is 493 g/mol. The topological polar surface area (TPSA) is 70.1 Å². The predicted octanol–water partition coefficient (Wildman–Crippen LogP) is 3.88. The quantitative estimate of drug-likeness (QED) is 0.513. The van der Waals surface area contributed by atoms with Crippen LogP contribution in [0.3, 0.4) is 0 Å². The smallest absolute Gasteiger partial charge is 0.254 e. The van der Waals surface area contributed by atoms with E-state index in [-0.39, 0.29) is 24.3 Å². The molecular formula is C25H23N3O4S2. The number of amides is 2. The molecule has 2 saturated heterocycles. The maximum atomic E-state index is 14.6. The van der Waals surface area contributed by atoms with E-state index in [1.807, 2.05) is 55.3 Å². The predicted molar refractivity (Wildman–Crippen MR) is 133 cm³/mol. The summed E-state index contributed by atoms with van der Waals surface area (Å²) in [5, 5.41) is 0. The molecule has 5 heterocycles. The number of benzene rings is 1. The van der Waals surface area contributed by atoms with Gasteiger partial charge in [-0.15, -0.1) is 0 Å². The maximum absolute atomic E-state index is 14.6. The van der Waals surface area contributed by atoms with Gasteiger partial charge >= 0.3 is 0 Å². The van der Waals surface area contributed by atoms with Gasteiger partial charge in [-0.05, 0) is 44.3 Å². The van der Waals surface area contributed by atoms with Gasteiger partial charge in [0, 0.05) is 24.8 Å². The van der Waals surface area contributed by atoms with Crippen molar-refractivity contribution in [2.45, 2.75) is 29.7 Å². The summed E-state index contributed by atoms with van der Waals surface area (Å²) in [5.41, 5.74) is 1.44. The lowest BCUT2D eigenvalue weighted by atomic mass is 9.73. The molecule has 3 atom stereocenters. The highest BCUT2D eigenvalue weighted by Crippen LogP contribution is 2.66. The average Bonchev–Trinajstić information content (AvgIpc) is 3.61. The highest BCUT2D eigenvalue weighted by Gasteiger charge is 2.79. The fourth-order valence-corrected chi connectivity index (χ4v) is 8.05. The fraction of sp³-hybridized carbons (Fsp3) is 0.320. The lowest BCUT2D eigenvalue weighted by Crippen LogP contribution is -2.62. The van der Waals surface area contributed by atoms with Crippen molar-refractivity contribution >= 4 is 45.8 Å². The largest absolute Gasteiger partial charge is 0.469 e. The molecule has 0 N–H and O–H groups in total. The number of rotatable bonds is 3. The lowest BCUT2D eigenvalue weighted by Gasteiger charge is -2.41. The van der Waals surface area contributed by atoms with E-state index in [1.54, 1.807) is 35.4 Å². The first-order chi connectivity index (χ1) is 16.3. The first-order valence-corrected chi connectivity index (χ1v) is 12.3. The van der Waals surface area contributed by atoms with Gasteiger partial charge in [-0.25, -0.2) is 0 Å². The summed E-state index contributed by atoms with van der Waals surface area (Å²) in [4.78, 5) is 34.1. The van der Waals surface area contributed by atoms with Crippen molar-refractivity contribution in [2.75, 3.05) is 25.5 Å². The Morgan fingerprint density at radius 1 is 1.09 bits per heavy atom. The molecule has 2 aromatic heterocycles. The number of aryl methyl sites for hydroxylation is 1. The zero-order valence-electron chi connectivity index (χ0n) is 19.0. The number of furan rings is 2. The van der Waals surface area contributed by atoms with Gasteiger partial charge in [-0.2, -0.15) is 0 Å². The minimum atomic E-state index is -1.23. The second kappa shape index (κ2) is 7.31. The third-order valence-corrected chi connectivity index (χ3v) is 9.33. The summed E-state index contributed by atoms with van der Waals surface area (Å²) >= 11 is 7.10. The standard InChI is InChI=1S/C25H23N3O4S2/c1-15-8-9-19-17(12-15)24(21(29)27(19)3)25(18(14-26(24)2)20-7-5-11-32-20)22(30)28(23(33)34-25)13-16-6-4-10-31-16/h4-12,18H,13-14H2,1-3H3/t18-,24-,25+/m1/s1. The van der Waals surface area contributed by atoms with Crippen LogP contribution in [0.4, 0.5) is 5.69 Å². The Bertz CT molecular complexity index is 1320. The van der Waals surface area contributed by atoms with E-state index in [1.165, 1.54) is 11.8 Å². The third kappa shape index (κ3) is 2.49. The van der Waals surface area contributed by atoms with E-state index in [9.17, 15) is 9.59 Å². The molecule has 6 rings (SSSR count). The second-order valence-electron chi connectivity index (χ2n) is 9.12. The average molecular weight is 494 g/mol. The summed E-state index contributed by atoms with van der Waals surface area (Å²) in [5.74, 6) is 0.598. The van der Waals surface area contributed by atoms with Gasteiger partial charge in [0.15, 0.2) is 5.54 Å². The number of anilines is 1. The molecule has 1 aromatic carbocycles. The number of nitrogens with zero attached hydrogens (tertiary/aromatic N) is 3. The van der Waals surface area contributed by atoms with E-state index in [0.717, 1.165) is 16.8 Å². The zero-order chi connectivity index (χ0) is 23.8. The van der Waals surface area contributed by atoms with Crippen molar-refractivity contribution in [3.05, 3.63) is 77.6 Å². The number of likely N-dealkylation sites (tertiary alicyclic amines) is 1. The zero-order valence-corrected chi connectivity index (χ0v) is 20.6. The van der Waals surface area contributed by atoms with Gasteiger partial charge in [-0.3, -0.25) is 19.4 Å². The van der Waals surface area contributed by atoms with Crippen LogP contribution in [0.1, 0.15) is 28.6 Å². The van der Waals surface area contributed by atoms with E-state index >= 15 is 0 Å². The first kappa shape index (κ1) is 21.6. The van der Waals surface area contributed by atoms with Gasteiger partial charge in [0.1, 0.15) is 20.6 Å². The molecule has 0 bridgehead atoms. The summed E-state index contributed by atoms with van der Waals surface area (Å²) < 4.78 is 10.6. The molecule has 3 aromatic rings. The normalized spacial score (nSPS) is 28.8. The van der Waals surface area contributed by atoms with E-state index in [0.29, 0.717) is 22.4 Å². The van der Waals surface area contributed by atoms with Crippen molar-refractivity contribution in [1.82, 2.24) is 9.80 Å². The van der Waals surface area contributed by atoms with Crippen molar-refractivity contribution < 1.29 is 18.4 Å². The number of hydrogen-bond acceptors (Lipinski definition) is 7. The minimum Gasteiger partial charge on any atom is -0.469 e. The van der Waals surface area contributed by atoms with Crippen LogP contribution in [0.5, 0.6) is 0 Å². The molecule has 0 saturated carbocycles. The molecule has 7 nitrogen and oxygen atoms in total. The Labute approximate surface area is 206 Å². The Morgan fingerprint density at radius 2 is 1.85 bits per heavy atom. The van der Waals surface area contributed by atoms with Crippen LogP contribution >= 0.6 is 24.0 Å². The molecule has 2 fully saturated rings. The second-order valence-corrected chi connectivity index (χ2v) is 11.0. The van der Waals surface area contributed by atoms with Gasteiger partial charge in [0.25, 0.3) is 5.91 Å². The number of fused-ring (bicyclic) bond motifs is 3. The van der Waals surface area contributed by atoms with E-state index in [4.69, 9.17) is 21.1 Å². The Morgan fingerprint density at radius 3 is 2.56 bits per heavy atom. The van der Waals surface area contributed by atoms with Crippen LogP contribution in [0.2, 0.25) is 0 Å². The number of carbonyl (C=O) groups excluding carboxylic acids is 2. The molecule has 3 aliphatic rings. The molecule has 3 aliphatic heterocycles. The molecular weight excluding hydrogens is 470 g/mol.